The van der Waals surface area contributed by atoms with Gasteiger partial charge in [0, 0.05) is 44.8 Å². The Morgan fingerprint density at radius 1 is 0.897 bits per heavy atom. The van der Waals surface area contributed by atoms with E-state index in [0.29, 0.717) is 17.7 Å². The molecular formula is C23H38N6. The Morgan fingerprint density at radius 2 is 1.59 bits per heavy atom. The topological polar surface area (TPSA) is 60.5 Å². The zero-order chi connectivity index (χ0) is 20.6. The zero-order valence-corrected chi connectivity index (χ0v) is 18.4. The maximum absolute atomic E-state index is 9.66. The van der Waals surface area contributed by atoms with E-state index in [0.717, 1.165) is 70.8 Å². The van der Waals surface area contributed by atoms with Crippen LogP contribution in [0.2, 0.25) is 0 Å². The van der Waals surface area contributed by atoms with Crippen LogP contribution in [0.25, 0.3) is 0 Å². The number of hydrogen-bond donors (Lipinski definition) is 0. The van der Waals surface area contributed by atoms with Crippen molar-refractivity contribution in [3.8, 4) is 12.1 Å². The molecule has 0 amide bonds. The van der Waals surface area contributed by atoms with Crippen molar-refractivity contribution in [2.45, 2.75) is 70.9 Å². The summed E-state index contributed by atoms with van der Waals surface area (Å²) >= 11 is 0. The molecule has 0 aromatic carbocycles. The first-order valence-electron chi connectivity index (χ1n) is 11.7. The van der Waals surface area contributed by atoms with Crippen LogP contribution >= 0.6 is 0 Å². The maximum atomic E-state index is 9.66. The standard InChI is InChI=1S/C23H38N6/c1-20(2)27-16-8-22(9-17-27)29-15-7-14-28(23(29)21(18-24)19-25)13-6-12-26-10-4-3-5-11-26/h20,22H,3-17H2,1-2H3. The molecule has 3 aliphatic rings. The first-order chi connectivity index (χ1) is 14.1. The summed E-state index contributed by atoms with van der Waals surface area (Å²) in [6.07, 6.45) is 8.47. The summed E-state index contributed by atoms with van der Waals surface area (Å²) in [5.41, 5.74) is 0.300. The first-order valence-corrected chi connectivity index (χ1v) is 11.7. The highest BCUT2D eigenvalue weighted by atomic mass is 15.4. The van der Waals surface area contributed by atoms with Crippen LogP contribution in [0, 0.1) is 22.7 Å². The highest BCUT2D eigenvalue weighted by Gasteiger charge is 2.33. The van der Waals surface area contributed by atoms with Crippen molar-refractivity contribution < 1.29 is 0 Å². The summed E-state index contributed by atoms with van der Waals surface area (Å²) in [5.74, 6) is 0.919. The average Bonchev–Trinajstić information content (AvgIpc) is 2.76. The van der Waals surface area contributed by atoms with Crippen molar-refractivity contribution in [1.29, 1.82) is 10.5 Å². The van der Waals surface area contributed by atoms with Crippen molar-refractivity contribution in [1.82, 2.24) is 19.6 Å². The van der Waals surface area contributed by atoms with Gasteiger partial charge in [0.1, 0.15) is 18.0 Å². The van der Waals surface area contributed by atoms with Crippen LogP contribution in [0.15, 0.2) is 11.4 Å². The van der Waals surface area contributed by atoms with E-state index in [1.165, 1.54) is 32.4 Å². The van der Waals surface area contributed by atoms with E-state index in [9.17, 15) is 10.5 Å². The Labute approximate surface area is 177 Å². The summed E-state index contributed by atoms with van der Waals surface area (Å²) in [5, 5.41) is 19.3. The predicted octanol–water partition coefficient (Wildman–Crippen LogP) is 3.00. The van der Waals surface area contributed by atoms with E-state index in [-0.39, 0.29) is 0 Å². The van der Waals surface area contributed by atoms with E-state index in [4.69, 9.17) is 0 Å². The molecule has 160 valence electrons. The van der Waals surface area contributed by atoms with E-state index < -0.39 is 0 Å². The quantitative estimate of drug-likeness (QED) is 0.641. The van der Waals surface area contributed by atoms with Crippen LogP contribution in [0.3, 0.4) is 0 Å². The molecule has 0 aromatic heterocycles. The molecule has 0 radical (unpaired) electrons. The first kappa shape index (κ1) is 21.9. The smallest absolute Gasteiger partial charge is 0.169 e. The van der Waals surface area contributed by atoms with Crippen LogP contribution < -0.4 is 0 Å². The molecule has 0 N–H and O–H groups in total. The second-order valence-corrected chi connectivity index (χ2v) is 9.07. The number of nitriles is 2. The third kappa shape index (κ3) is 5.65. The fraction of sp³-hybridized carbons (Fsp3) is 0.826. The van der Waals surface area contributed by atoms with Crippen LogP contribution in [-0.4, -0.2) is 84.0 Å². The number of likely N-dealkylation sites (tertiary alicyclic amines) is 2. The van der Waals surface area contributed by atoms with Gasteiger partial charge in [-0.3, -0.25) is 0 Å². The summed E-state index contributed by atoms with van der Waals surface area (Å²) in [4.78, 5) is 9.86. The summed E-state index contributed by atoms with van der Waals surface area (Å²) < 4.78 is 0. The minimum absolute atomic E-state index is 0.300. The largest absolute Gasteiger partial charge is 0.356 e. The van der Waals surface area contributed by atoms with Crippen LogP contribution in [-0.2, 0) is 0 Å². The van der Waals surface area contributed by atoms with Crippen molar-refractivity contribution in [2.75, 3.05) is 52.4 Å². The number of rotatable bonds is 6. The van der Waals surface area contributed by atoms with Gasteiger partial charge in [0.25, 0.3) is 0 Å². The van der Waals surface area contributed by atoms with Crippen LogP contribution in [0.5, 0.6) is 0 Å². The second kappa shape index (κ2) is 10.9. The van der Waals surface area contributed by atoms with Crippen LogP contribution in [0.1, 0.15) is 58.8 Å². The van der Waals surface area contributed by atoms with Crippen molar-refractivity contribution >= 4 is 0 Å². The Morgan fingerprint density at radius 3 is 2.21 bits per heavy atom. The normalized spacial score (nSPS) is 22.6. The van der Waals surface area contributed by atoms with Crippen molar-refractivity contribution in [2.24, 2.45) is 0 Å². The molecule has 3 aliphatic heterocycles. The molecule has 0 saturated carbocycles. The molecule has 0 aromatic rings. The second-order valence-electron chi connectivity index (χ2n) is 9.07. The highest BCUT2D eigenvalue weighted by molar-refractivity contribution is 5.40. The lowest BCUT2D eigenvalue weighted by molar-refractivity contribution is 0.0639. The van der Waals surface area contributed by atoms with Gasteiger partial charge in [0.2, 0.25) is 0 Å². The predicted molar refractivity (Wildman–Crippen MR) is 116 cm³/mol. The SMILES string of the molecule is CC(C)N1CCC(N2CCCN(CCCN3CCCCC3)C2=C(C#N)C#N)CC1. The van der Waals surface area contributed by atoms with E-state index >= 15 is 0 Å². The highest BCUT2D eigenvalue weighted by Crippen LogP contribution is 2.29. The molecular weight excluding hydrogens is 360 g/mol. The number of allylic oxidation sites excluding steroid dienone is 1. The lowest BCUT2D eigenvalue weighted by atomic mass is 9.99. The number of hydrogen-bond acceptors (Lipinski definition) is 6. The number of piperidine rings is 2. The Bertz CT molecular complexity index is 613. The summed E-state index contributed by atoms with van der Waals surface area (Å²) in [6.45, 7) is 13.2. The van der Waals surface area contributed by atoms with E-state index in [2.05, 4.69) is 45.6 Å². The number of nitrogens with zero attached hydrogens (tertiary/aromatic N) is 6. The monoisotopic (exact) mass is 398 g/mol. The van der Waals surface area contributed by atoms with Gasteiger partial charge < -0.3 is 19.6 Å². The van der Waals surface area contributed by atoms with Gasteiger partial charge in [0.15, 0.2) is 5.57 Å². The van der Waals surface area contributed by atoms with Gasteiger partial charge in [-0.05, 0) is 72.0 Å². The molecule has 3 saturated heterocycles. The Kier molecular flexibility index (Phi) is 8.21. The van der Waals surface area contributed by atoms with E-state index in [1.54, 1.807) is 0 Å². The van der Waals surface area contributed by atoms with Crippen molar-refractivity contribution in [3.05, 3.63) is 11.4 Å². The minimum atomic E-state index is 0.300. The molecule has 3 heterocycles. The van der Waals surface area contributed by atoms with Gasteiger partial charge >= 0.3 is 0 Å². The fourth-order valence-corrected chi connectivity index (χ4v) is 5.21. The molecule has 0 unspecified atom stereocenters. The molecule has 0 aliphatic carbocycles. The minimum Gasteiger partial charge on any atom is -0.356 e. The Balaban J connectivity index is 1.66. The average molecular weight is 399 g/mol. The maximum Gasteiger partial charge on any atom is 0.169 e. The molecule has 0 bridgehead atoms. The molecule has 3 rings (SSSR count). The lowest BCUT2D eigenvalue weighted by Crippen LogP contribution is -2.52. The lowest BCUT2D eigenvalue weighted by Gasteiger charge is -2.47. The van der Waals surface area contributed by atoms with Gasteiger partial charge in [-0.15, -0.1) is 0 Å². The van der Waals surface area contributed by atoms with Gasteiger partial charge in [-0.25, -0.2) is 0 Å². The third-order valence-electron chi connectivity index (χ3n) is 6.87. The molecule has 0 atom stereocenters. The Hall–Kier alpha value is -1.76. The summed E-state index contributed by atoms with van der Waals surface area (Å²) in [6, 6.07) is 5.44. The van der Waals surface area contributed by atoms with Gasteiger partial charge in [0.05, 0.1) is 0 Å². The van der Waals surface area contributed by atoms with Crippen LogP contribution in [0.4, 0.5) is 0 Å². The van der Waals surface area contributed by atoms with Crippen molar-refractivity contribution in [3.63, 3.8) is 0 Å². The molecule has 0 spiro atoms. The van der Waals surface area contributed by atoms with Gasteiger partial charge in [-0.2, -0.15) is 10.5 Å². The molecule has 6 heteroatoms. The molecule has 29 heavy (non-hydrogen) atoms. The summed E-state index contributed by atoms with van der Waals surface area (Å²) in [7, 11) is 0. The molecule has 6 nitrogen and oxygen atoms in total. The molecule has 3 fully saturated rings. The van der Waals surface area contributed by atoms with Gasteiger partial charge in [-0.1, -0.05) is 6.42 Å². The fourth-order valence-electron chi connectivity index (χ4n) is 5.21. The third-order valence-corrected chi connectivity index (χ3v) is 6.87. The van der Waals surface area contributed by atoms with E-state index in [1.807, 2.05) is 0 Å². The zero-order valence-electron chi connectivity index (χ0n) is 18.4.